The Kier molecular flexibility index (Phi) is 7.05. The molecule has 0 saturated carbocycles. The van der Waals surface area contributed by atoms with Crippen LogP contribution in [0.4, 0.5) is 0 Å². The van der Waals surface area contributed by atoms with Gasteiger partial charge < -0.3 is 0 Å². The molecule has 0 radical (unpaired) electrons. The van der Waals surface area contributed by atoms with Crippen molar-refractivity contribution in [2.75, 3.05) is 13.1 Å². The fourth-order valence-corrected chi connectivity index (χ4v) is 4.85. The number of halogens is 1. The average Bonchev–Trinajstić information content (AvgIpc) is 3.02. The highest BCUT2D eigenvalue weighted by Gasteiger charge is 2.25. The first-order valence-electron chi connectivity index (χ1n) is 9.34. The van der Waals surface area contributed by atoms with Crippen molar-refractivity contribution in [3.05, 3.63) is 64.1 Å². The standard InChI is InChI=1S/C20H22BrN3O4S/c21-17-9-5-15(6-10-17)19(25)22-23-20(26)16-7-11-18(12-8-16)29(27,28)24-13-3-1-2-4-14-24/h5-12H,1-4,13-14H2,(H,22,25)(H,23,26). The molecular formula is C20H22BrN3O4S. The van der Waals surface area contributed by atoms with Crippen molar-refractivity contribution in [2.24, 2.45) is 0 Å². The summed E-state index contributed by atoms with van der Waals surface area (Å²) in [6.45, 7) is 1.04. The maximum absolute atomic E-state index is 12.8. The molecule has 0 spiro atoms. The van der Waals surface area contributed by atoms with Crippen LogP contribution in [0.25, 0.3) is 0 Å². The van der Waals surface area contributed by atoms with E-state index in [-0.39, 0.29) is 10.5 Å². The monoisotopic (exact) mass is 479 g/mol. The van der Waals surface area contributed by atoms with Gasteiger partial charge in [0.1, 0.15) is 0 Å². The Balaban J connectivity index is 1.62. The van der Waals surface area contributed by atoms with Crippen LogP contribution in [0.2, 0.25) is 0 Å². The molecule has 1 heterocycles. The quantitative estimate of drug-likeness (QED) is 0.658. The predicted octanol–water partition coefficient (Wildman–Crippen LogP) is 3.09. The zero-order chi connectivity index (χ0) is 20.9. The summed E-state index contributed by atoms with van der Waals surface area (Å²) >= 11 is 3.29. The van der Waals surface area contributed by atoms with Crippen molar-refractivity contribution >= 4 is 37.8 Å². The van der Waals surface area contributed by atoms with Crippen LogP contribution in [0.3, 0.4) is 0 Å². The Labute approximate surface area is 178 Å². The summed E-state index contributed by atoms with van der Waals surface area (Å²) in [6.07, 6.45) is 3.80. The van der Waals surface area contributed by atoms with Gasteiger partial charge >= 0.3 is 0 Å². The van der Waals surface area contributed by atoms with Crippen LogP contribution >= 0.6 is 15.9 Å². The molecule has 1 fully saturated rings. The van der Waals surface area contributed by atoms with E-state index in [4.69, 9.17) is 0 Å². The summed E-state index contributed by atoms with van der Waals surface area (Å²) in [6, 6.07) is 12.4. The van der Waals surface area contributed by atoms with Crippen molar-refractivity contribution in [3.63, 3.8) is 0 Å². The molecule has 0 unspecified atom stereocenters. The van der Waals surface area contributed by atoms with Gasteiger partial charge in [0.15, 0.2) is 0 Å². The summed E-state index contributed by atoms with van der Waals surface area (Å²) in [5.74, 6) is -0.986. The molecular weight excluding hydrogens is 458 g/mol. The van der Waals surface area contributed by atoms with Crippen LogP contribution < -0.4 is 10.9 Å². The van der Waals surface area contributed by atoms with Crippen molar-refractivity contribution in [1.82, 2.24) is 15.2 Å². The van der Waals surface area contributed by atoms with Crippen LogP contribution in [-0.2, 0) is 10.0 Å². The third-order valence-corrected chi connectivity index (χ3v) is 7.16. The Hall–Kier alpha value is -2.23. The summed E-state index contributed by atoms with van der Waals surface area (Å²) < 4.78 is 27.9. The van der Waals surface area contributed by atoms with Crippen molar-refractivity contribution in [1.29, 1.82) is 0 Å². The van der Waals surface area contributed by atoms with E-state index >= 15 is 0 Å². The number of hydrogen-bond acceptors (Lipinski definition) is 4. The molecule has 3 rings (SSSR count). The molecule has 2 aromatic carbocycles. The molecule has 0 bridgehead atoms. The van der Waals surface area contributed by atoms with E-state index in [1.54, 1.807) is 24.3 Å². The van der Waals surface area contributed by atoms with Crippen LogP contribution in [0, 0.1) is 0 Å². The van der Waals surface area contributed by atoms with Gasteiger partial charge in [0, 0.05) is 28.7 Å². The van der Waals surface area contributed by atoms with Gasteiger partial charge in [-0.25, -0.2) is 8.42 Å². The molecule has 2 aromatic rings. The number of hydrazine groups is 1. The van der Waals surface area contributed by atoms with Crippen LogP contribution in [0.1, 0.15) is 46.4 Å². The van der Waals surface area contributed by atoms with Crippen molar-refractivity contribution in [2.45, 2.75) is 30.6 Å². The lowest BCUT2D eigenvalue weighted by Crippen LogP contribution is -2.41. The van der Waals surface area contributed by atoms with Gasteiger partial charge in [-0.2, -0.15) is 4.31 Å². The number of amides is 2. The van der Waals surface area contributed by atoms with Gasteiger partial charge in [0.2, 0.25) is 10.0 Å². The Bertz CT molecular complexity index is 968. The smallest absolute Gasteiger partial charge is 0.267 e. The fourth-order valence-electron chi connectivity index (χ4n) is 3.07. The largest absolute Gasteiger partial charge is 0.269 e. The number of hydrogen-bond donors (Lipinski definition) is 2. The highest BCUT2D eigenvalue weighted by atomic mass is 79.9. The van der Waals surface area contributed by atoms with Crippen LogP contribution in [-0.4, -0.2) is 37.6 Å². The third-order valence-electron chi connectivity index (χ3n) is 4.72. The molecule has 0 aliphatic carbocycles. The van der Waals surface area contributed by atoms with Gasteiger partial charge in [-0.1, -0.05) is 28.8 Å². The molecule has 0 atom stereocenters. The maximum atomic E-state index is 12.8. The normalized spacial score (nSPS) is 15.3. The molecule has 154 valence electrons. The van der Waals surface area contributed by atoms with E-state index in [0.29, 0.717) is 18.7 Å². The van der Waals surface area contributed by atoms with Crippen LogP contribution in [0.5, 0.6) is 0 Å². The second kappa shape index (κ2) is 9.51. The fraction of sp³-hybridized carbons (Fsp3) is 0.300. The Morgan fingerprint density at radius 1 is 0.759 bits per heavy atom. The van der Waals surface area contributed by atoms with Gasteiger partial charge in [-0.3, -0.25) is 20.4 Å². The maximum Gasteiger partial charge on any atom is 0.269 e. The van der Waals surface area contributed by atoms with Crippen molar-refractivity contribution < 1.29 is 18.0 Å². The number of carbonyl (C=O) groups excluding carboxylic acids is 2. The van der Waals surface area contributed by atoms with E-state index in [2.05, 4.69) is 26.8 Å². The van der Waals surface area contributed by atoms with E-state index in [9.17, 15) is 18.0 Å². The molecule has 7 nitrogen and oxygen atoms in total. The zero-order valence-electron chi connectivity index (χ0n) is 15.7. The first-order chi connectivity index (χ1) is 13.9. The summed E-state index contributed by atoms with van der Waals surface area (Å²) in [5, 5.41) is 0. The number of nitrogens with zero attached hydrogens (tertiary/aromatic N) is 1. The second-order valence-electron chi connectivity index (χ2n) is 6.76. The summed E-state index contributed by atoms with van der Waals surface area (Å²) in [4.78, 5) is 24.5. The Morgan fingerprint density at radius 3 is 1.69 bits per heavy atom. The van der Waals surface area contributed by atoms with Crippen LogP contribution in [0.15, 0.2) is 57.9 Å². The van der Waals surface area contributed by atoms with E-state index in [1.165, 1.54) is 28.6 Å². The average molecular weight is 480 g/mol. The lowest BCUT2D eigenvalue weighted by Gasteiger charge is -2.20. The minimum absolute atomic E-state index is 0.162. The lowest BCUT2D eigenvalue weighted by atomic mass is 10.2. The number of benzene rings is 2. The highest BCUT2D eigenvalue weighted by molar-refractivity contribution is 9.10. The SMILES string of the molecule is O=C(NNC(=O)c1ccc(S(=O)(=O)N2CCCCCC2)cc1)c1ccc(Br)cc1. The summed E-state index contributed by atoms with van der Waals surface area (Å²) in [7, 11) is -3.57. The van der Waals surface area contributed by atoms with E-state index in [0.717, 1.165) is 30.2 Å². The first-order valence-corrected chi connectivity index (χ1v) is 11.6. The second-order valence-corrected chi connectivity index (χ2v) is 9.61. The summed E-state index contributed by atoms with van der Waals surface area (Å²) in [5.41, 5.74) is 5.31. The number of rotatable bonds is 4. The Morgan fingerprint density at radius 2 is 1.21 bits per heavy atom. The lowest BCUT2D eigenvalue weighted by molar-refractivity contribution is 0.0846. The van der Waals surface area contributed by atoms with Gasteiger partial charge in [0.05, 0.1) is 4.90 Å². The van der Waals surface area contributed by atoms with E-state index < -0.39 is 21.8 Å². The molecule has 9 heteroatoms. The predicted molar refractivity (Wildman–Crippen MR) is 113 cm³/mol. The minimum atomic E-state index is -3.57. The number of nitrogens with one attached hydrogen (secondary N) is 2. The zero-order valence-corrected chi connectivity index (χ0v) is 18.1. The molecule has 29 heavy (non-hydrogen) atoms. The van der Waals surface area contributed by atoms with E-state index in [1.807, 2.05) is 0 Å². The van der Waals surface area contributed by atoms with Crippen molar-refractivity contribution in [3.8, 4) is 0 Å². The number of sulfonamides is 1. The molecule has 2 amide bonds. The molecule has 1 saturated heterocycles. The minimum Gasteiger partial charge on any atom is -0.267 e. The van der Waals surface area contributed by atoms with Gasteiger partial charge in [-0.05, 0) is 61.4 Å². The first kappa shape index (κ1) is 21.5. The number of carbonyl (C=O) groups is 2. The molecule has 2 N–H and O–H groups in total. The van der Waals surface area contributed by atoms with Gasteiger partial charge in [-0.15, -0.1) is 0 Å². The van der Waals surface area contributed by atoms with Gasteiger partial charge in [0.25, 0.3) is 11.8 Å². The topological polar surface area (TPSA) is 95.6 Å². The molecule has 0 aromatic heterocycles. The third kappa shape index (κ3) is 5.43. The molecule has 1 aliphatic heterocycles. The highest BCUT2D eigenvalue weighted by Crippen LogP contribution is 2.20. The molecule has 1 aliphatic rings.